The monoisotopic (exact) mass is 263 g/mol. The van der Waals surface area contributed by atoms with Crippen molar-refractivity contribution in [3.63, 3.8) is 0 Å². The van der Waals surface area contributed by atoms with Gasteiger partial charge >= 0.3 is 0 Å². The van der Waals surface area contributed by atoms with Crippen molar-refractivity contribution in [1.29, 1.82) is 0 Å². The SMILES string of the molecule is CCN(CC(N)=O)C(=O)c1cccc2c1OCCN2. The Morgan fingerprint density at radius 3 is 2.95 bits per heavy atom. The lowest BCUT2D eigenvalue weighted by Gasteiger charge is -2.24. The molecule has 0 spiro atoms. The Morgan fingerprint density at radius 1 is 1.47 bits per heavy atom. The van der Waals surface area contributed by atoms with Gasteiger partial charge in [-0.2, -0.15) is 0 Å². The molecule has 0 fully saturated rings. The molecule has 102 valence electrons. The van der Waals surface area contributed by atoms with Crippen LogP contribution in [0.5, 0.6) is 5.75 Å². The third-order valence-corrected chi connectivity index (χ3v) is 2.92. The maximum absolute atomic E-state index is 12.4. The lowest BCUT2D eigenvalue weighted by atomic mass is 10.1. The van der Waals surface area contributed by atoms with E-state index >= 15 is 0 Å². The van der Waals surface area contributed by atoms with Gasteiger partial charge in [0.05, 0.1) is 17.8 Å². The largest absolute Gasteiger partial charge is 0.489 e. The van der Waals surface area contributed by atoms with Crippen LogP contribution in [0.2, 0.25) is 0 Å². The summed E-state index contributed by atoms with van der Waals surface area (Å²) in [5, 5.41) is 3.17. The lowest BCUT2D eigenvalue weighted by molar-refractivity contribution is -0.118. The topological polar surface area (TPSA) is 84.7 Å². The average Bonchev–Trinajstić information content (AvgIpc) is 2.43. The highest BCUT2D eigenvalue weighted by molar-refractivity contribution is 6.00. The van der Waals surface area contributed by atoms with Crippen molar-refractivity contribution in [3.8, 4) is 5.75 Å². The van der Waals surface area contributed by atoms with Crippen LogP contribution in [0.1, 0.15) is 17.3 Å². The first-order chi connectivity index (χ1) is 9.13. The third-order valence-electron chi connectivity index (χ3n) is 2.92. The number of nitrogens with two attached hydrogens (primary N) is 1. The molecule has 0 radical (unpaired) electrons. The number of para-hydroxylation sites is 1. The summed E-state index contributed by atoms with van der Waals surface area (Å²) in [4.78, 5) is 24.8. The van der Waals surface area contributed by atoms with Crippen LogP contribution in [0.4, 0.5) is 5.69 Å². The Balaban J connectivity index is 2.30. The summed E-state index contributed by atoms with van der Waals surface area (Å²) in [7, 11) is 0. The van der Waals surface area contributed by atoms with E-state index in [1.54, 1.807) is 19.1 Å². The van der Waals surface area contributed by atoms with Gasteiger partial charge in [-0.1, -0.05) is 6.07 Å². The number of rotatable bonds is 4. The van der Waals surface area contributed by atoms with Crippen molar-refractivity contribution in [1.82, 2.24) is 4.90 Å². The average molecular weight is 263 g/mol. The zero-order chi connectivity index (χ0) is 13.8. The summed E-state index contributed by atoms with van der Waals surface area (Å²) in [6.07, 6.45) is 0. The molecule has 1 heterocycles. The standard InChI is InChI=1S/C13H17N3O3/c1-2-16(8-11(14)17)13(18)9-4-3-5-10-12(9)19-7-6-15-10/h3-5,15H,2,6-8H2,1H3,(H2,14,17). The van der Waals surface area contributed by atoms with Crippen LogP contribution in [-0.2, 0) is 4.79 Å². The maximum atomic E-state index is 12.4. The summed E-state index contributed by atoms with van der Waals surface area (Å²) in [5.74, 6) is -0.234. The van der Waals surface area contributed by atoms with E-state index in [4.69, 9.17) is 10.5 Å². The molecule has 0 aliphatic carbocycles. The number of benzene rings is 1. The summed E-state index contributed by atoms with van der Waals surface area (Å²) in [6, 6.07) is 5.33. The van der Waals surface area contributed by atoms with Gasteiger partial charge in [-0.25, -0.2) is 0 Å². The highest BCUT2D eigenvalue weighted by Crippen LogP contribution is 2.31. The van der Waals surface area contributed by atoms with E-state index in [-0.39, 0.29) is 12.5 Å². The van der Waals surface area contributed by atoms with E-state index in [1.807, 2.05) is 6.07 Å². The fraction of sp³-hybridized carbons (Fsp3) is 0.385. The van der Waals surface area contributed by atoms with Crippen LogP contribution < -0.4 is 15.8 Å². The molecule has 1 aromatic carbocycles. The number of hydrogen-bond donors (Lipinski definition) is 2. The highest BCUT2D eigenvalue weighted by Gasteiger charge is 2.23. The summed E-state index contributed by atoms with van der Waals surface area (Å²) in [5.41, 5.74) is 6.40. The van der Waals surface area contributed by atoms with Gasteiger partial charge in [0.15, 0.2) is 5.75 Å². The molecule has 3 N–H and O–H groups in total. The zero-order valence-corrected chi connectivity index (χ0v) is 10.8. The number of carbonyl (C=O) groups excluding carboxylic acids is 2. The van der Waals surface area contributed by atoms with Gasteiger partial charge in [-0.15, -0.1) is 0 Å². The molecule has 1 aromatic rings. The molecule has 6 heteroatoms. The lowest BCUT2D eigenvalue weighted by Crippen LogP contribution is -2.38. The maximum Gasteiger partial charge on any atom is 0.258 e. The first-order valence-electron chi connectivity index (χ1n) is 6.20. The molecule has 2 amide bonds. The molecular formula is C13H17N3O3. The molecular weight excluding hydrogens is 246 g/mol. The van der Waals surface area contributed by atoms with Gasteiger partial charge in [0.1, 0.15) is 6.61 Å². The number of ether oxygens (including phenoxy) is 1. The van der Waals surface area contributed by atoms with Crippen LogP contribution >= 0.6 is 0 Å². The normalized spacial score (nSPS) is 12.9. The minimum atomic E-state index is -0.529. The Bertz CT molecular complexity index is 502. The van der Waals surface area contributed by atoms with E-state index in [2.05, 4.69) is 5.32 Å². The predicted octanol–water partition coefficient (Wildman–Crippen LogP) is 0.438. The number of carbonyl (C=O) groups is 2. The minimum Gasteiger partial charge on any atom is -0.489 e. The summed E-state index contributed by atoms with van der Waals surface area (Å²) in [6.45, 7) is 3.35. The number of anilines is 1. The van der Waals surface area contributed by atoms with Crippen molar-refractivity contribution in [2.45, 2.75) is 6.92 Å². The number of amides is 2. The van der Waals surface area contributed by atoms with Gasteiger partial charge in [-0.05, 0) is 19.1 Å². The fourth-order valence-electron chi connectivity index (χ4n) is 2.02. The molecule has 0 saturated heterocycles. The van der Waals surface area contributed by atoms with Crippen molar-refractivity contribution in [2.75, 3.05) is 31.6 Å². The van der Waals surface area contributed by atoms with Crippen molar-refractivity contribution in [3.05, 3.63) is 23.8 Å². The second-order valence-electron chi connectivity index (χ2n) is 4.24. The number of nitrogens with one attached hydrogen (secondary N) is 1. The van der Waals surface area contributed by atoms with Crippen molar-refractivity contribution in [2.24, 2.45) is 5.73 Å². The van der Waals surface area contributed by atoms with E-state index in [1.165, 1.54) is 4.90 Å². The van der Waals surface area contributed by atoms with Gasteiger partial charge in [0, 0.05) is 13.1 Å². The number of likely N-dealkylation sites (N-methyl/N-ethyl adjacent to an activating group) is 1. The van der Waals surface area contributed by atoms with Gasteiger partial charge in [-0.3, -0.25) is 9.59 Å². The molecule has 0 atom stereocenters. The molecule has 0 unspecified atom stereocenters. The molecule has 6 nitrogen and oxygen atoms in total. The third kappa shape index (κ3) is 2.78. The molecule has 1 aliphatic rings. The fourth-order valence-corrected chi connectivity index (χ4v) is 2.02. The molecule has 0 bridgehead atoms. The molecule has 0 saturated carbocycles. The quantitative estimate of drug-likeness (QED) is 0.825. The first kappa shape index (κ1) is 13.2. The van der Waals surface area contributed by atoms with E-state index in [0.717, 1.165) is 5.69 Å². The minimum absolute atomic E-state index is 0.0908. The molecule has 1 aliphatic heterocycles. The summed E-state index contributed by atoms with van der Waals surface area (Å²) < 4.78 is 5.55. The van der Waals surface area contributed by atoms with Gasteiger partial charge in [0.2, 0.25) is 5.91 Å². The number of primary amides is 1. The Kier molecular flexibility index (Phi) is 3.89. The van der Waals surface area contributed by atoms with Crippen molar-refractivity contribution < 1.29 is 14.3 Å². The smallest absolute Gasteiger partial charge is 0.258 e. The molecule has 2 rings (SSSR count). The van der Waals surface area contributed by atoms with E-state index in [0.29, 0.717) is 31.0 Å². The van der Waals surface area contributed by atoms with Crippen LogP contribution in [0.15, 0.2) is 18.2 Å². The Morgan fingerprint density at radius 2 is 2.26 bits per heavy atom. The van der Waals surface area contributed by atoms with Crippen LogP contribution in [0.3, 0.4) is 0 Å². The molecule has 0 aromatic heterocycles. The molecule has 19 heavy (non-hydrogen) atoms. The van der Waals surface area contributed by atoms with Crippen LogP contribution in [0.25, 0.3) is 0 Å². The van der Waals surface area contributed by atoms with Gasteiger partial charge < -0.3 is 20.7 Å². The number of nitrogens with zero attached hydrogens (tertiary/aromatic N) is 1. The second kappa shape index (κ2) is 5.60. The number of fused-ring (bicyclic) bond motifs is 1. The zero-order valence-electron chi connectivity index (χ0n) is 10.8. The number of hydrogen-bond acceptors (Lipinski definition) is 4. The van der Waals surface area contributed by atoms with E-state index in [9.17, 15) is 9.59 Å². The first-order valence-corrected chi connectivity index (χ1v) is 6.20. The van der Waals surface area contributed by atoms with Crippen LogP contribution in [0, 0.1) is 0 Å². The highest BCUT2D eigenvalue weighted by atomic mass is 16.5. The summed E-state index contributed by atoms with van der Waals surface area (Å²) >= 11 is 0. The van der Waals surface area contributed by atoms with Crippen LogP contribution in [-0.4, -0.2) is 43.0 Å². The Labute approximate surface area is 111 Å². The second-order valence-corrected chi connectivity index (χ2v) is 4.24. The Hall–Kier alpha value is -2.24. The van der Waals surface area contributed by atoms with Crippen molar-refractivity contribution >= 4 is 17.5 Å². The predicted molar refractivity (Wildman–Crippen MR) is 71.2 cm³/mol. The van der Waals surface area contributed by atoms with E-state index < -0.39 is 5.91 Å². The van der Waals surface area contributed by atoms with Gasteiger partial charge in [0.25, 0.3) is 5.91 Å².